The Labute approximate surface area is 145 Å². The van der Waals surface area contributed by atoms with Crippen LogP contribution in [-0.4, -0.2) is 13.0 Å². The minimum Gasteiger partial charge on any atom is -0.356 e. The van der Waals surface area contributed by atoms with Crippen LogP contribution in [0.5, 0.6) is 0 Å². The van der Waals surface area contributed by atoms with Gasteiger partial charge in [-0.2, -0.15) is 13.5 Å². The Bertz CT molecular complexity index is 986. The number of hydrogen-bond acceptors (Lipinski definition) is 5. The predicted molar refractivity (Wildman–Crippen MR) is 96.6 cm³/mol. The van der Waals surface area contributed by atoms with Crippen LogP contribution in [0.25, 0.3) is 0 Å². The van der Waals surface area contributed by atoms with Gasteiger partial charge in [-0.3, -0.25) is 4.55 Å². The summed E-state index contributed by atoms with van der Waals surface area (Å²) >= 11 is 0. The third kappa shape index (κ3) is 4.50. The van der Waals surface area contributed by atoms with Gasteiger partial charge in [-0.25, -0.2) is 0 Å². The van der Waals surface area contributed by atoms with Crippen LogP contribution >= 0.6 is 0 Å². The largest absolute Gasteiger partial charge is 0.356 e. The Morgan fingerprint density at radius 3 is 2.00 bits per heavy atom. The van der Waals surface area contributed by atoms with Gasteiger partial charge in [0.05, 0.1) is 5.69 Å². The molecule has 0 heterocycles. The number of para-hydroxylation sites is 1. The monoisotopic (exact) mass is 353 g/mol. The molecule has 0 atom stereocenters. The van der Waals surface area contributed by atoms with Gasteiger partial charge in [0, 0.05) is 11.4 Å². The number of rotatable bonds is 5. The standard InChI is InChI=1S/C18H15N3O3S/c22-25(23,24)18-9-5-4-8-17(18)21-20-16-12-10-15(11-13-16)19-14-6-2-1-3-7-14/h1-13,19H,(H,22,23,24). The van der Waals surface area contributed by atoms with E-state index >= 15 is 0 Å². The van der Waals surface area contributed by atoms with Gasteiger partial charge in [0.2, 0.25) is 0 Å². The molecule has 0 aliphatic carbocycles. The van der Waals surface area contributed by atoms with E-state index in [9.17, 15) is 13.0 Å². The number of hydrogen-bond donors (Lipinski definition) is 2. The van der Waals surface area contributed by atoms with E-state index in [4.69, 9.17) is 0 Å². The van der Waals surface area contributed by atoms with Crippen molar-refractivity contribution in [1.29, 1.82) is 0 Å². The molecule has 0 saturated carbocycles. The van der Waals surface area contributed by atoms with E-state index in [0.717, 1.165) is 11.4 Å². The van der Waals surface area contributed by atoms with Crippen LogP contribution < -0.4 is 5.32 Å². The normalized spacial score (nSPS) is 11.6. The topological polar surface area (TPSA) is 91.1 Å². The van der Waals surface area contributed by atoms with Crippen molar-refractivity contribution >= 4 is 32.9 Å². The smallest absolute Gasteiger partial charge is 0.296 e. The average Bonchev–Trinajstić information content (AvgIpc) is 2.61. The first kappa shape index (κ1) is 16.8. The predicted octanol–water partition coefficient (Wildman–Crippen LogP) is 5.09. The summed E-state index contributed by atoms with van der Waals surface area (Å²) in [6.45, 7) is 0. The van der Waals surface area contributed by atoms with Gasteiger partial charge < -0.3 is 5.32 Å². The SMILES string of the molecule is O=S(=O)(O)c1ccccc1N=Nc1ccc(Nc2ccccc2)cc1. The molecule has 25 heavy (non-hydrogen) atoms. The van der Waals surface area contributed by atoms with E-state index in [-0.39, 0.29) is 10.6 Å². The Morgan fingerprint density at radius 2 is 1.32 bits per heavy atom. The molecule has 3 aromatic carbocycles. The molecule has 3 rings (SSSR count). The lowest BCUT2D eigenvalue weighted by Gasteiger charge is -2.05. The van der Waals surface area contributed by atoms with Crippen molar-refractivity contribution in [2.24, 2.45) is 10.2 Å². The number of anilines is 2. The molecule has 7 heteroatoms. The minimum atomic E-state index is -4.34. The number of azo groups is 1. The number of nitrogens with zero attached hydrogens (tertiary/aromatic N) is 2. The van der Waals surface area contributed by atoms with Crippen molar-refractivity contribution in [2.75, 3.05) is 5.32 Å². The molecule has 0 saturated heterocycles. The molecule has 0 amide bonds. The quantitative estimate of drug-likeness (QED) is 0.493. The molecule has 0 aromatic heterocycles. The van der Waals surface area contributed by atoms with Gasteiger partial charge in [-0.1, -0.05) is 30.3 Å². The van der Waals surface area contributed by atoms with Crippen LogP contribution in [0.2, 0.25) is 0 Å². The van der Waals surface area contributed by atoms with Crippen molar-refractivity contribution in [2.45, 2.75) is 4.90 Å². The molecule has 3 aromatic rings. The van der Waals surface area contributed by atoms with E-state index < -0.39 is 10.1 Å². The fourth-order valence-electron chi connectivity index (χ4n) is 2.17. The van der Waals surface area contributed by atoms with Crippen molar-refractivity contribution in [3.63, 3.8) is 0 Å². The summed E-state index contributed by atoms with van der Waals surface area (Å²) < 4.78 is 31.9. The lowest BCUT2D eigenvalue weighted by Crippen LogP contribution is -1.97. The fourth-order valence-corrected chi connectivity index (χ4v) is 2.79. The lowest BCUT2D eigenvalue weighted by molar-refractivity contribution is 0.483. The van der Waals surface area contributed by atoms with E-state index in [1.54, 1.807) is 18.2 Å². The van der Waals surface area contributed by atoms with E-state index in [1.807, 2.05) is 42.5 Å². The zero-order valence-corrected chi connectivity index (χ0v) is 13.9. The third-order valence-electron chi connectivity index (χ3n) is 3.35. The molecule has 0 radical (unpaired) electrons. The van der Waals surface area contributed by atoms with Crippen LogP contribution in [0.4, 0.5) is 22.7 Å². The Hall–Kier alpha value is -3.03. The minimum absolute atomic E-state index is 0.0801. The van der Waals surface area contributed by atoms with Gasteiger partial charge in [0.1, 0.15) is 10.6 Å². The summed E-state index contributed by atoms with van der Waals surface area (Å²) in [5.41, 5.74) is 2.50. The van der Waals surface area contributed by atoms with E-state index in [0.29, 0.717) is 5.69 Å². The van der Waals surface area contributed by atoms with Crippen LogP contribution in [-0.2, 0) is 10.1 Å². The highest BCUT2D eigenvalue weighted by atomic mass is 32.2. The molecule has 126 valence electrons. The summed E-state index contributed by atoms with van der Waals surface area (Å²) in [4.78, 5) is -0.277. The van der Waals surface area contributed by atoms with Crippen molar-refractivity contribution in [1.82, 2.24) is 0 Å². The first-order valence-corrected chi connectivity index (χ1v) is 8.87. The second-order valence-electron chi connectivity index (χ2n) is 5.18. The number of benzene rings is 3. The van der Waals surface area contributed by atoms with Gasteiger partial charge in [-0.05, 0) is 48.5 Å². The summed E-state index contributed by atoms with van der Waals surface area (Å²) in [5.74, 6) is 0. The van der Waals surface area contributed by atoms with Crippen LogP contribution in [0, 0.1) is 0 Å². The second kappa shape index (κ2) is 7.25. The molecule has 0 bridgehead atoms. The van der Waals surface area contributed by atoms with Crippen LogP contribution in [0.1, 0.15) is 0 Å². The van der Waals surface area contributed by atoms with Crippen molar-refractivity contribution < 1.29 is 13.0 Å². The summed E-state index contributed by atoms with van der Waals surface area (Å²) in [7, 11) is -4.34. The Morgan fingerprint density at radius 1 is 0.720 bits per heavy atom. The average molecular weight is 353 g/mol. The first-order chi connectivity index (χ1) is 12.0. The Kier molecular flexibility index (Phi) is 4.87. The van der Waals surface area contributed by atoms with Gasteiger partial charge >= 0.3 is 0 Å². The molecule has 0 aliphatic rings. The first-order valence-electron chi connectivity index (χ1n) is 7.43. The van der Waals surface area contributed by atoms with E-state index in [1.165, 1.54) is 18.2 Å². The fraction of sp³-hybridized carbons (Fsp3) is 0. The summed E-state index contributed by atoms with van der Waals surface area (Å²) in [6.07, 6.45) is 0. The van der Waals surface area contributed by atoms with Gasteiger partial charge in [0.15, 0.2) is 0 Å². The summed E-state index contributed by atoms with van der Waals surface area (Å²) in [6, 6.07) is 22.8. The molecule has 2 N–H and O–H groups in total. The van der Waals surface area contributed by atoms with Crippen molar-refractivity contribution in [3.8, 4) is 0 Å². The second-order valence-corrected chi connectivity index (χ2v) is 6.57. The number of nitrogens with one attached hydrogen (secondary N) is 1. The zero-order valence-electron chi connectivity index (χ0n) is 13.1. The highest BCUT2D eigenvalue weighted by Crippen LogP contribution is 2.26. The molecular weight excluding hydrogens is 338 g/mol. The molecule has 0 aliphatic heterocycles. The van der Waals surface area contributed by atoms with E-state index in [2.05, 4.69) is 15.5 Å². The maximum absolute atomic E-state index is 11.3. The molecular formula is C18H15N3O3S. The lowest BCUT2D eigenvalue weighted by atomic mass is 10.2. The molecule has 0 spiro atoms. The maximum Gasteiger partial charge on any atom is 0.296 e. The van der Waals surface area contributed by atoms with Gasteiger partial charge in [0.25, 0.3) is 10.1 Å². The zero-order chi connectivity index (χ0) is 17.7. The molecule has 0 fully saturated rings. The Balaban J connectivity index is 1.77. The highest BCUT2D eigenvalue weighted by Gasteiger charge is 2.14. The molecule has 6 nitrogen and oxygen atoms in total. The van der Waals surface area contributed by atoms with Gasteiger partial charge in [-0.15, -0.1) is 5.11 Å². The highest BCUT2D eigenvalue weighted by molar-refractivity contribution is 7.86. The molecule has 0 unspecified atom stereocenters. The third-order valence-corrected chi connectivity index (χ3v) is 4.25. The van der Waals surface area contributed by atoms with Crippen LogP contribution in [0.3, 0.4) is 0 Å². The van der Waals surface area contributed by atoms with Crippen LogP contribution in [0.15, 0.2) is 94.0 Å². The maximum atomic E-state index is 11.3. The summed E-state index contributed by atoms with van der Waals surface area (Å²) in [5, 5.41) is 11.2. The van der Waals surface area contributed by atoms with Crippen molar-refractivity contribution in [3.05, 3.63) is 78.9 Å².